The molecule has 1 aliphatic carbocycles. The van der Waals surface area contributed by atoms with Gasteiger partial charge < -0.3 is 14.8 Å². The molecule has 6 nitrogen and oxygen atoms in total. The minimum absolute atomic E-state index is 0. The van der Waals surface area contributed by atoms with Crippen molar-refractivity contribution in [2.75, 3.05) is 20.7 Å². The summed E-state index contributed by atoms with van der Waals surface area (Å²) in [6.45, 7) is 2.97. The van der Waals surface area contributed by atoms with Crippen molar-refractivity contribution in [1.29, 1.82) is 0 Å². The topological polar surface area (TPSA) is 63.7 Å². The number of likely N-dealkylation sites (tertiary alicyclic amines) is 1. The molecule has 11 heteroatoms. The molecule has 2 heterocycles. The molecule has 1 aromatic rings. The van der Waals surface area contributed by atoms with Crippen LogP contribution < -0.4 is 14.8 Å². The van der Waals surface area contributed by atoms with E-state index in [0.29, 0.717) is 11.5 Å². The van der Waals surface area contributed by atoms with Crippen LogP contribution in [0.1, 0.15) is 44.6 Å². The molecular weight excluding hydrogens is 454 g/mol. The Bertz CT molecular complexity index is 788. The van der Waals surface area contributed by atoms with Gasteiger partial charge in [0, 0.05) is 18.7 Å². The molecular formula is C21H30ClF4N3O3. The number of rotatable bonds is 6. The molecule has 1 saturated carbocycles. The Morgan fingerprint density at radius 3 is 2.44 bits per heavy atom. The summed E-state index contributed by atoms with van der Waals surface area (Å²) in [6, 6.07) is 0.956. The van der Waals surface area contributed by atoms with Crippen LogP contribution in [-0.2, 0) is 11.3 Å². The number of amides is 1. The summed E-state index contributed by atoms with van der Waals surface area (Å²) < 4.78 is 63.8. The van der Waals surface area contributed by atoms with E-state index in [1.165, 1.54) is 13.2 Å². The number of hydrogen-bond donors (Lipinski definition) is 1. The van der Waals surface area contributed by atoms with Gasteiger partial charge in [-0.05, 0) is 51.1 Å². The SMILES string of the molecule is COc1nc(OC2CCC(C(F)(F)F)CC2)c(F)cc1CNC(=O)[C@@H]1C[C@@H](C)CN1C.Cl. The van der Waals surface area contributed by atoms with Gasteiger partial charge in [-0.2, -0.15) is 18.2 Å². The first-order chi connectivity index (χ1) is 14.6. The smallest absolute Gasteiger partial charge is 0.391 e. The highest BCUT2D eigenvalue weighted by Crippen LogP contribution is 2.38. The van der Waals surface area contributed by atoms with Crippen molar-refractivity contribution in [2.24, 2.45) is 11.8 Å². The monoisotopic (exact) mass is 483 g/mol. The highest BCUT2D eigenvalue weighted by molar-refractivity contribution is 5.85. The Morgan fingerprint density at radius 1 is 1.25 bits per heavy atom. The average molecular weight is 484 g/mol. The summed E-state index contributed by atoms with van der Waals surface area (Å²) in [7, 11) is 3.26. The molecule has 1 saturated heterocycles. The van der Waals surface area contributed by atoms with Crippen molar-refractivity contribution in [3.8, 4) is 11.8 Å². The molecule has 0 radical (unpaired) electrons. The number of ether oxygens (including phenoxy) is 2. The van der Waals surface area contributed by atoms with Crippen molar-refractivity contribution in [1.82, 2.24) is 15.2 Å². The zero-order valence-corrected chi connectivity index (χ0v) is 19.2. The molecule has 1 aromatic heterocycles. The van der Waals surface area contributed by atoms with E-state index in [2.05, 4.69) is 17.2 Å². The normalized spacial score (nSPS) is 26.3. The lowest BCUT2D eigenvalue weighted by Crippen LogP contribution is -2.41. The molecule has 0 aromatic carbocycles. The van der Waals surface area contributed by atoms with Gasteiger partial charge in [-0.1, -0.05) is 6.92 Å². The first-order valence-corrected chi connectivity index (χ1v) is 10.5. The maximum Gasteiger partial charge on any atom is 0.391 e. The van der Waals surface area contributed by atoms with E-state index in [9.17, 15) is 22.4 Å². The van der Waals surface area contributed by atoms with Crippen molar-refractivity contribution in [2.45, 2.75) is 63.9 Å². The number of carbonyl (C=O) groups is 1. The Hall–Kier alpha value is -1.81. The summed E-state index contributed by atoms with van der Waals surface area (Å²) in [5, 5.41) is 2.80. The molecule has 2 fully saturated rings. The van der Waals surface area contributed by atoms with Gasteiger partial charge in [0.15, 0.2) is 5.82 Å². The lowest BCUT2D eigenvalue weighted by atomic mass is 9.87. The van der Waals surface area contributed by atoms with E-state index in [4.69, 9.17) is 9.47 Å². The molecule has 0 bridgehead atoms. The number of methoxy groups -OCH3 is 1. The van der Waals surface area contributed by atoms with Crippen molar-refractivity contribution < 1.29 is 31.8 Å². The average Bonchev–Trinajstić information content (AvgIpc) is 3.05. The second-order valence-electron chi connectivity index (χ2n) is 8.59. The fourth-order valence-electron chi connectivity index (χ4n) is 4.41. The standard InChI is InChI=1S/C21H29F4N3O3.ClH/c1-12-8-17(28(2)11-12)18(29)26-10-13-9-16(22)20(27-19(13)30-3)31-15-6-4-14(5-7-15)21(23,24)25;/h9,12,14-15,17H,4-8,10-11H2,1-3H3,(H,26,29);1H/t12-,14?,15?,17+;/m1./s1. The molecule has 0 spiro atoms. The lowest BCUT2D eigenvalue weighted by Gasteiger charge is -2.30. The molecule has 2 aliphatic rings. The molecule has 3 rings (SSSR count). The quantitative estimate of drug-likeness (QED) is 0.617. The Labute approximate surface area is 191 Å². The first-order valence-electron chi connectivity index (χ1n) is 10.5. The minimum Gasteiger partial charge on any atom is -0.481 e. The molecule has 182 valence electrons. The van der Waals surface area contributed by atoms with E-state index in [1.54, 1.807) is 0 Å². The van der Waals surface area contributed by atoms with Gasteiger partial charge in [0.2, 0.25) is 11.8 Å². The molecule has 0 unspecified atom stereocenters. The van der Waals surface area contributed by atoms with Gasteiger partial charge in [0.25, 0.3) is 5.88 Å². The molecule has 1 N–H and O–H groups in total. The minimum atomic E-state index is -4.21. The van der Waals surface area contributed by atoms with Gasteiger partial charge in [-0.15, -0.1) is 12.4 Å². The van der Waals surface area contributed by atoms with Crippen LogP contribution in [0.5, 0.6) is 11.8 Å². The number of likely N-dealkylation sites (N-methyl/N-ethyl adjacent to an activating group) is 1. The van der Waals surface area contributed by atoms with Crippen molar-refractivity contribution >= 4 is 18.3 Å². The number of nitrogens with one attached hydrogen (secondary N) is 1. The Balaban J connectivity index is 0.00000363. The van der Waals surface area contributed by atoms with Crippen LogP contribution in [0.2, 0.25) is 0 Å². The van der Waals surface area contributed by atoms with Crippen LogP contribution in [-0.4, -0.2) is 54.8 Å². The molecule has 2 atom stereocenters. The van der Waals surface area contributed by atoms with Gasteiger partial charge in [0.05, 0.1) is 19.1 Å². The number of halogens is 5. The summed E-state index contributed by atoms with van der Waals surface area (Å²) >= 11 is 0. The highest BCUT2D eigenvalue weighted by atomic mass is 35.5. The molecule has 32 heavy (non-hydrogen) atoms. The van der Waals surface area contributed by atoms with Crippen LogP contribution in [0.15, 0.2) is 6.07 Å². The zero-order valence-electron chi connectivity index (χ0n) is 18.4. The maximum atomic E-state index is 14.6. The third-order valence-corrected chi connectivity index (χ3v) is 6.10. The third-order valence-electron chi connectivity index (χ3n) is 6.10. The Kier molecular flexibility index (Phi) is 8.98. The first kappa shape index (κ1) is 26.4. The van der Waals surface area contributed by atoms with Crippen LogP contribution in [0, 0.1) is 17.7 Å². The largest absolute Gasteiger partial charge is 0.481 e. The predicted molar refractivity (Wildman–Crippen MR) is 112 cm³/mol. The van der Waals surface area contributed by atoms with Crippen LogP contribution in [0.4, 0.5) is 17.6 Å². The van der Waals surface area contributed by atoms with Crippen LogP contribution in [0.25, 0.3) is 0 Å². The molecule has 1 aliphatic heterocycles. The summed E-state index contributed by atoms with van der Waals surface area (Å²) in [5.41, 5.74) is 0.357. The highest BCUT2D eigenvalue weighted by Gasteiger charge is 2.42. The van der Waals surface area contributed by atoms with Gasteiger partial charge in [0.1, 0.15) is 6.10 Å². The van der Waals surface area contributed by atoms with Crippen molar-refractivity contribution in [3.63, 3.8) is 0 Å². The van der Waals surface area contributed by atoms with Gasteiger partial charge >= 0.3 is 6.18 Å². The summed E-state index contributed by atoms with van der Waals surface area (Å²) in [4.78, 5) is 18.5. The fourth-order valence-corrected chi connectivity index (χ4v) is 4.41. The van der Waals surface area contributed by atoms with E-state index in [0.717, 1.165) is 13.0 Å². The summed E-state index contributed by atoms with van der Waals surface area (Å²) in [6.07, 6.45) is -3.73. The second kappa shape index (κ2) is 10.9. The number of aromatic nitrogens is 1. The number of pyridine rings is 1. The fraction of sp³-hybridized carbons (Fsp3) is 0.714. The second-order valence-corrected chi connectivity index (χ2v) is 8.59. The van der Waals surface area contributed by atoms with E-state index in [1.807, 2.05) is 11.9 Å². The zero-order chi connectivity index (χ0) is 22.8. The maximum absolute atomic E-state index is 14.6. The van der Waals surface area contributed by atoms with Gasteiger partial charge in [-0.3, -0.25) is 9.69 Å². The predicted octanol–water partition coefficient (Wildman–Crippen LogP) is 4.11. The number of carbonyl (C=O) groups excluding carboxylic acids is 1. The third kappa shape index (κ3) is 6.37. The van der Waals surface area contributed by atoms with E-state index >= 15 is 0 Å². The van der Waals surface area contributed by atoms with Crippen LogP contribution in [0.3, 0.4) is 0 Å². The van der Waals surface area contributed by atoms with Crippen molar-refractivity contribution in [3.05, 3.63) is 17.4 Å². The number of hydrogen-bond acceptors (Lipinski definition) is 5. The number of alkyl halides is 3. The van der Waals surface area contributed by atoms with Gasteiger partial charge in [-0.25, -0.2) is 4.39 Å². The number of nitrogens with zero attached hydrogens (tertiary/aromatic N) is 2. The molecule has 1 amide bonds. The van der Waals surface area contributed by atoms with E-state index in [-0.39, 0.29) is 68.3 Å². The lowest BCUT2D eigenvalue weighted by molar-refractivity contribution is -0.185. The summed E-state index contributed by atoms with van der Waals surface area (Å²) in [5.74, 6) is -1.99. The Morgan fingerprint density at radius 2 is 1.91 bits per heavy atom. The van der Waals surface area contributed by atoms with E-state index < -0.39 is 24.0 Å². The van der Waals surface area contributed by atoms with Crippen LogP contribution >= 0.6 is 12.4 Å².